The summed E-state index contributed by atoms with van der Waals surface area (Å²) < 4.78 is 81.5. The van der Waals surface area contributed by atoms with Gasteiger partial charge in [-0.05, 0) is 6.42 Å². The van der Waals surface area contributed by atoms with Gasteiger partial charge in [0.15, 0.2) is 0 Å². The van der Waals surface area contributed by atoms with Crippen LogP contribution in [-0.4, -0.2) is 31.0 Å². The summed E-state index contributed by atoms with van der Waals surface area (Å²) in [5, 5.41) is 0. The van der Waals surface area contributed by atoms with Crippen molar-refractivity contribution in [2.24, 2.45) is 5.73 Å². The molecule has 1 unspecified atom stereocenters. The molecular weight excluding hydrogens is 284 g/mol. The van der Waals surface area contributed by atoms with Crippen LogP contribution in [0, 0.1) is 0 Å². The van der Waals surface area contributed by atoms with Crippen molar-refractivity contribution in [2.45, 2.75) is 31.8 Å². The topological polar surface area (TPSA) is 61.6 Å². The maximum atomic E-state index is 12.3. The number of amides is 1. The molecule has 0 saturated heterocycles. The molecule has 0 aromatic heterocycles. The predicted molar refractivity (Wildman–Crippen MR) is 50.5 cm³/mol. The van der Waals surface area contributed by atoms with Gasteiger partial charge in [0.05, 0.1) is 6.61 Å². The Morgan fingerprint density at radius 2 is 1.79 bits per heavy atom. The Balaban J connectivity index is 4.99. The molecule has 2 N–H and O–H groups in total. The molecule has 112 valence electrons. The fourth-order valence-electron chi connectivity index (χ4n) is 0.830. The van der Waals surface area contributed by atoms with E-state index in [1.807, 2.05) is 0 Å². The van der Waals surface area contributed by atoms with Gasteiger partial charge in [-0.15, -0.1) is 0 Å². The number of primary amides is 1. The number of alkyl halides is 6. The summed E-state index contributed by atoms with van der Waals surface area (Å²) in [5.74, 6) is -3.73. The first-order valence-electron chi connectivity index (χ1n) is 4.91. The van der Waals surface area contributed by atoms with E-state index in [0.717, 1.165) is 0 Å². The van der Waals surface area contributed by atoms with Gasteiger partial charge in [0.1, 0.15) is 6.26 Å². The van der Waals surface area contributed by atoms with Crippen molar-refractivity contribution in [3.8, 4) is 0 Å². The van der Waals surface area contributed by atoms with Crippen LogP contribution in [0.15, 0.2) is 12.0 Å². The van der Waals surface area contributed by atoms with E-state index in [1.165, 1.54) is 6.92 Å². The van der Waals surface area contributed by atoms with Gasteiger partial charge in [-0.1, -0.05) is 6.92 Å². The van der Waals surface area contributed by atoms with E-state index in [9.17, 15) is 31.1 Å². The second kappa shape index (κ2) is 6.53. The molecule has 0 aromatic rings. The van der Waals surface area contributed by atoms with Crippen molar-refractivity contribution in [3.63, 3.8) is 0 Å². The molecule has 0 fully saturated rings. The monoisotopic (exact) mass is 295 g/mol. The first kappa shape index (κ1) is 17.4. The molecule has 0 aliphatic heterocycles. The number of rotatable bonds is 6. The molecule has 1 atom stereocenters. The number of hydrogen-bond acceptors (Lipinski definition) is 3. The van der Waals surface area contributed by atoms with E-state index in [2.05, 4.69) is 15.2 Å². The summed E-state index contributed by atoms with van der Waals surface area (Å²) in [6.45, 7) is 1.12. The lowest BCUT2D eigenvalue weighted by Gasteiger charge is -2.18. The third-order valence-electron chi connectivity index (χ3n) is 1.61. The lowest BCUT2D eigenvalue weighted by atomic mass is 10.3. The highest BCUT2D eigenvalue weighted by Crippen LogP contribution is 2.28. The van der Waals surface area contributed by atoms with Gasteiger partial charge < -0.3 is 15.2 Å². The summed E-state index contributed by atoms with van der Waals surface area (Å²) in [7, 11) is 0. The standard InChI is InChI=1S/C9H11F6NO3/c1-2-3-18-5(8(10,11)12)4-19-6(7(16)17)9(13,14)15/h4,6H,2-3H2,1H3,(H2,16,17). The van der Waals surface area contributed by atoms with E-state index in [-0.39, 0.29) is 19.3 Å². The fraction of sp³-hybridized carbons (Fsp3) is 0.667. The lowest BCUT2D eigenvalue weighted by Crippen LogP contribution is -2.42. The SMILES string of the molecule is CCCOC(=COC(C(N)=O)C(F)(F)F)C(F)(F)F. The molecule has 1 amide bonds. The van der Waals surface area contributed by atoms with Gasteiger partial charge in [0.2, 0.25) is 5.76 Å². The van der Waals surface area contributed by atoms with Gasteiger partial charge in [-0.25, -0.2) is 0 Å². The molecule has 0 radical (unpaired) electrons. The summed E-state index contributed by atoms with van der Waals surface area (Å²) in [6, 6.07) is 0. The van der Waals surface area contributed by atoms with Crippen molar-refractivity contribution in [3.05, 3.63) is 12.0 Å². The Hall–Kier alpha value is -1.61. The van der Waals surface area contributed by atoms with Crippen molar-refractivity contribution < 1.29 is 40.6 Å². The molecule has 0 spiro atoms. The normalized spacial score (nSPS) is 15.0. The molecule has 0 aliphatic carbocycles. The quantitative estimate of drug-likeness (QED) is 0.604. The number of ether oxygens (including phenoxy) is 2. The highest BCUT2D eigenvalue weighted by atomic mass is 19.4. The second-order valence-corrected chi connectivity index (χ2v) is 3.29. The summed E-state index contributed by atoms with van der Waals surface area (Å²) in [4.78, 5) is 10.4. The van der Waals surface area contributed by atoms with E-state index in [4.69, 9.17) is 0 Å². The summed E-state index contributed by atoms with van der Waals surface area (Å²) >= 11 is 0. The predicted octanol–water partition coefficient (Wildman–Crippen LogP) is 2.25. The molecule has 0 rings (SSSR count). The molecule has 0 heterocycles. The van der Waals surface area contributed by atoms with Gasteiger partial charge in [-0.3, -0.25) is 4.79 Å². The fourth-order valence-corrected chi connectivity index (χ4v) is 0.830. The maximum Gasteiger partial charge on any atom is 0.452 e. The maximum absolute atomic E-state index is 12.3. The largest absolute Gasteiger partial charge is 0.487 e. The Morgan fingerprint density at radius 1 is 1.26 bits per heavy atom. The van der Waals surface area contributed by atoms with Crippen molar-refractivity contribution >= 4 is 5.91 Å². The number of nitrogens with two attached hydrogens (primary N) is 1. The Bertz CT molecular complexity index is 336. The Kier molecular flexibility index (Phi) is 5.97. The number of allylic oxidation sites excluding steroid dienone is 1. The average molecular weight is 295 g/mol. The number of carbonyl (C=O) groups is 1. The number of hydrogen-bond donors (Lipinski definition) is 1. The minimum atomic E-state index is -5.22. The van der Waals surface area contributed by atoms with Crippen LogP contribution in [-0.2, 0) is 14.3 Å². The molecule has 0 aromatic carbocycles. The second-order valence-electron chi connectivity index (χ2n) is 3.29. The van der Waals surface area contributed by atoms with Crippen molar-refractivity contribution in [1.82, 2.24) is 0 Å². The molecule has 19 heavy (non-hydrogen) atoms. The zero-order chi connectivity index (χ0) is 15.3. The van der Waals surface area contributed by atoms with Crippen LogP contribution in [0.25, 0.3) is 0 Å². The molecule has 10 heteroatoms. The summed E-state index contributed by atoms with van der Waals surface area (Å²) in [6.07, 6.45) is -13.5. The molecule has 0 aliphatic rings. The van der Waals surface area contributed by atoms with Crippen molar-refractivity contribution in [1.29, 1.82) is 0 Å². The third-order valence-corrected chi connectivity index (χ3v) is 1.61. The van der Waals surface area contributed by atoms with Crippen molar-refractivity contribution in [2.75, 3.05) is 6.61 Å². The van der Waals surface area contributed by atoms with Gasteiger partial charge >= 0.3 is 12.4 Å². The van der Waals surface area contributed by atoms with E-state index in [0.29, 0.717) is 0 Å². The van der Waals surface area contributed by atoms with Crippen LogP contribution >= 0.6 is 0 Å². The third kappa shape index (κ3) is 6.20. The highest BCUT2D eigenvalue weighted by Gasteiger charge is 2.46. The van der Waals surface area contributed by atoms with Crippen LogP contribution in [0.3, 0.4) is 0 Å². The first-order chi connectivity index (χ1) is 8.50. The van der Waals surface area contributed by atoms with Crippen LogP contribution in [0.2, 0.25) is 0 Å². The zero-order valence-electron chi connectivity index (χ0n) is 9.64. The van der Waals surface area contributed by atoms with Gasteiger partial charge in [0.25, 0.3) is 12.0 Å². The molecule has 4 nitrogen and oxygen atoms in total. The lowest BCUT2D eigenvalue weighted by molar-refractivity contribution is -0.207. The van der Waals surface area contributed by atoms with Gasteiger partial charge in [0, 0.05) is 0 Å². The highest BCUT2D eigenvalue weighted by molar-refractivity contribution is 5.79. The van der Waals surface area contributed by atoms with E-state index < -0.39 is 30.1 Å². The summed E-state index contributed by atoms with van der Waals surface area (Å²) in [5.41, 5.74) is 4.38. The van der Waals surface area contributed by atoms with Crippen LogP contribution < -0.4 is 5.73 Å². The van der Waals surface area contributed by atoms with Crippen LogP contribution in [0.4, 0.5) is 26.3 Å². The zero-order valence-corrected chi connectivity index (χ0v) is 9.64. The minimum absolute atomic E-state index is 0.200. The smallest absolute Gasteiger partial charge is 0.452 e. The van der Waals surface area contributed by atoms with E-state index >= 15 is 0 Å². The number of halogens is 6. The first-order valence-corrected chi connectivity index (χ1v) is 4.91. The average Bonchev–Trinajstić information content (AvgIpc) is 2.18. The molecule has 0 bridgehead atoms. The Labute approximate surface area is 104 Å². The number of carbonyl (C=O) groups excluding carboxylic acids is 1. The molecular formula is C9H11F6NO3. The van der Waals surface area contributed by atoms with Crippen LogP contribution in [0.1, 0.15) is 13.3 Å². The van der Waals surface area contributed by atoms with Gasteiger partial charge in [-0.2, -0.15) is 26.3 Å². The minimum Gasteiger partial charge on any atom is -0.487 e. The molecule has 0 saturated carbocycles. The van der Waals surface area contributed by atoms with Crippen LogP contribution in [0.5, 0.6) is 0 Å². The Morgan fingerprint density at radius 3 is 2.11 bits per heavy atom. The van der Waals surface area contributed by atoms with E-state index in [1.54, 1.807) is 0 Å².